The van der Waals surface area contributed by atoms with E-state index in [4.69, 9.17) is 10.6 Å². The van der Waals surface area contributed by atoms with Crippen molar-refractivity contribution in [3.63, 3.8) is 0 Å². The maximum atomic E-state index is 5.80. The summed E-state index contributed by atoms with van der Waals surface area (Å²) in [5, 5.41) is 2.33. The van der Waals surface area contributed by atoms with Gasteiger partial charge in [-0.1, -0.05) is 34.1 Å². The lowest BCUT2D eigenvalue weighted by Crippen LogP contribution is -2.08. The fraction of sp³-hybridized carbons (Fsp3) is 0.0625. The molecular weight excluding hydrogens is 330 g/mol. The molecule has 0 saturated carbocycles. The number of aromatic nitrogens is 1. The molecule has 0 spiro atoms. The molecule has 0 atom stereocenters. The fourth-order valence-corrected chi connectivity index (χ4v) is 2.43. The number of pyridine rings is 1. The van der Waals surface area contributed by atoms with Gasteiger partial charge in [0, 0.05) is 16.2 Å². The first-order valence-electron chi connectivity index (χ1n) is 6.48. The van der Waals surface area contributed by atoms with E-state index in [2.05, 4.69) is 44.5 Å². The smallest absolute Gasteiger partial charge is 0.139 e. The van der Waals surface area contributed by atoms with Gasteiger partial charge in [-0.2, -0.15) is 0 Å². The van der Waals surface area contributed by atoms with Crippen LogP contribution in [0.3, 0.4) is 0 Å². The molecule has 5 heteroatoms. The number of nitrogens with one attached hydrogen (secondary N) is 1. The summed E-state index contributed by atoms with van der Waals surface area (Å²) in [6.07, 6.45) is 1.74. The van der Waals surface area contributed by atoms with Gasteiger partial charge in [0.2, 0.25) is 0 Å². The average Bonchev–Trinajstić information content (AvgIpc) is 2.53. The summed E-state index contributed by atoms with van der Waals surface area (Å²) in [6, 6.07) is 16.0. The van der Waals surface area contributed by atoms with Crippen molar-refractivity contribution in [3.8, 4) is 5.75 Å². The SMILES string of the molecule is NNc1ccc(COc2ccc3cc(Br)ccc3c2)cn1. The van der Waals surface area contributed by atoms with Crippen molar-refractivity contribution in [2.24, 2.45) is 5.84 Å². The number of hydrogen-bond acceptors (Lipinski definition) is 4. The minimum Gasteiger partial charge on any atom is -0.489 e. The molecule has 0 saturated heterocycles. The number of ether oxygens (including phenoxy) is 1. The molecule has 2 aromatic carbocycles. The maximum Gasteiger partial charge on any atom is 0.139 e. The average molecular weight is 344 g/mol. The first-order valence-corrected chi connectivity index (χ1v) is 7.27. The summed E-state index contributed by atoms with van der Waals surface area (Å²) < 4.78 is 6.87. The van der Waals surface area contributed by atoms with Crippen molar-refractivity contribution in [3.05, 3.63) is 64.8 Å². The van der Waals surface area contributed by atoms with Crippen LogP contribution in [-0.2, 0) is 6.61 Å². The molecule has 21 heavy (non-hydrogen) atoms. The molecule has 1 aromatic heterocycles. The van der Waals surface area contributed by atoms with Gasteiger partial charge < -0.3 is 10.2 Å². The second-order valence-corrected chi connectivity index (χ2v) is 5.55. The van der Waals surface area contributed by atoms with Gasteiger partial charge in [-0.25, -0.2) is 10.8 Å². The van der Waals surface area contributed by atoms with Crippen LogP contribution >= 0.6 is 15.9 Å². The number of anilines is 1. The third-order valence-electron chi connectivity index (χ3n) is 3.15. The monoisotopic (exact) mass is 343 g/mol. The van der Waals surface area contributed by atoms with Gasteiger partial charge in [0.15, 0.2) is 0 Å². The molecule has 106 valence electrons. The molecule has 0 fully saturated rings. The van der Waals surface area contributed by atoms with Crippen LogP contribution in [0.1, 0.15) is 5.56 Å². The Morgan fingerprint density at radius 3 is 2.62 bits per heavy atom. The standard InChI is InChI=1S/C16H14BrN3O/c17-14-4-2-13-8-15(5-3-12(13)7-14)21-10-11-1-6-16(20-18)19-9-11/h1-9H,10,18H2,(H,19,20). The van der Waals surface area contributed by atoms with E-state index in [1.165, 1.54) is 5.39 Å². The van der Waals surface area contributed by atoms with E-state index in [0.29, 0.717) is 12.4 Å². The zero-order valence-electron chi connectivity index (χ0n) is 11.2. The molecule has 0 aliphatic rings. The number of fused-ring (bicyclic) bond motifs is 1. The second-order valence-electron chi connectivity index (χ2n) is 4.64. The Hall–Kier alpha value is -2.11. The molecule has 0 amide bonds. The van der Waals surface area contributed by atoms with Gasteiger partial charge in [-0.3, -0.25) is 0 Å². The van der Waals surface area contributed by atoms with Gasteiger partial charge >= 0.3 is 0 Å². The highest BCUT2D eigenvalue weighted by Crippen LogP contribution is 2.24. The lowest BCUT2D eigenvalue weighted by Gasteiger charge is -2.08. The van der Waals surface area contributed by atoms with Gasteiger partial charge in [-0.15, -0.1) is 0 Å². The molecule has 0 aliphatic heterocycles. The van der Waals surface area contributed by atoms with Crippen LogP contribution in [0.4, 0.5) is 5.82 Å². The quantitative estimate of drug-likeness (QED) is 0.557. The zero-order valence-corrected chi connectivity index (χ0v) is 12.8. The molecular formula is C16H14BrN3O. The Morgan fingerprint density at radius 1 is 1.05 bits per heavy atom. The second kappa shape index (κ2) is 6.11. The summed E-state index contributed by atoms with van der Waals surface area (Å²) in [4.78, 5) is 4.15. The topological polar surface area (TPSA) is 60.2 Å². The predicted octanol–water partition coefficient (Wildman–Crippen LogP) is 3.86. The molecule has 0 unspecified atom stereocenters. The summed E-state index contributed by atoms with van der Waals surface area (Å²) in [5.74, 6) is 6.75. The summed E-state index contributed by atoms with van der Waals surface area (Å²) in [5.41, 5.74) is 3.49. The predicted molar refractivity (Wildman–Crippen MR) is 88.0 cm³/mol. The molecule has 3 aromatic rings. The van der Waals surface area contributed by atoms with Crippen LogP contribution in [0.5, 0.6) is 5.75 Å². The van der Waals surface area contributed by atoms with E-state index in [1.807, 2.05) is 30.3 Å². The van der Waals surface area contributed by atoms with Crippen LogP contribution in [0.15, 0.2) is 59.2 Å². The van der Waals surface area contributed by atoms with E-state index in [1.54, 1.807) is 6.20 Å². The molecule has 4 nitrogen and oxygen atoms in total. The molecule has 0 radical (unpaired) electrons. The maximum absolute atomic E-state index is 5.80. The largest absolute Gasteiger partial charge is 0.489 e. The van der Waals surface area contributed by atoms with E-state index in [9.17, 15) is 0 Å². The van der Waals surface area contributed by atoms with Crippen molar-refractivity contribution >= 4 is 32.5 Å². The van der Waals surface area contributed by atoms with E-state index >= 15 is 0 Å². The fourth-order valence-electron chi connectivity index (χ4n) is 2.05. The number of hydrazine groups is 1. The highest BCUT2D eigenvalue weighted by Gasteiger charge is 2.00. The minimum absolute atomic E-state index is 0.472. The Balaban J connectivity index is 1.73. The third-order valence-corrected chi connectivity index (χ3v) is 3.65. The molecule has 0 aliphatic carbocycles. The van der Waals surface area contributed by atoms with Gasteiger partial charge in [-0.05, 0) is 41.1 Å². The van der Waals surface area contributed by atoms with Crippen LogP contribution in [0.2, 0.25) is 0 Å². The summed E-state index contributed by atoms with van der Waals surface area (Å²) >= 11 is 3.47. The van der Waals surface area contributed by atoms with Crippen LogP contribution in [0, 0.1) is 0 Å². The summed E-state index contributed by atoms with van der Waals surface area (Å²) in [6.45, 7) is 0.472. The number of nitrogens with zero attached hydrogens (tertiary/aromatic N) is 1. The normalized spacial score (nSPS) is 10.6. The first kappa shape index (κ1) is 13.9. The minimum atomic E-state index is 0.472. The Morgan fingerprint density at radius 2 is 1.86 bits per heavy atom. The van der Waals surface area contributed by atoms with Crippen LogP contribution < -0.4 is 16.0 Å². The number of rotatable bonds is 4. The zero-order chi connectivity index (χ0) is 14.7. The Bertz CT molecular complexity index is 759. The highest BCUT2D eigenvalue weighted by atomic mass is 79.9. The number of nitrogens with two attached hydrogens (primary N) is 1. The van der Waals surface area contributed by atoms with E-state index in [-0.39, 0.29) is 0 Å². The van der Waals surface area contributed by atoms with Crippen LogP contribution in [-0.4, -0.2) is 4.98 Å². The number of hydrogen-bond donors (Lipinski definition) is 2. The van der Waals surface area contributed by atoms with Crippen molar-refractivity contribution in [1.82, 2.24) is 4.98 Å². The van der Waals surface area contributed by atoms with E-state index < -0.39 is 0 Å². The molecule has 0 bridgehead atoms. The number of halogens is 1. The van der Waals surface area contributed by atoms with Crippen LogP contribution in [0.25, 0.3) is 10.8 Å². The van der Waals surface area contributed by atoms with Gasteiger partial charge in [0.05, 0.1) is 0 Å². The molecule has 1 heterocycles. The molecule has 3 rings (SSSR count). The highest BCUT2D eigenvalue weighted by molar-refractivity contribution is 9.10. The van der Waals surface area contributed by atoms with E-state index in [0.717, 1.165) is 21.2 Å². The van der Waals surface area contributed by atoms with Gasteiger partial charge in [0.1, 0.15) is 18.2 Å². The van der Waals surface area contributed by atoms with Crippen molar-refractivity contribution in [2.75, 3.05) is 5.43 Å². The Labute approximate surface area is 131 Å². The lowest BCUT2D eigenvalue weighted by molar-refractivity contribution is 0.306. The third kappa shape index (κ3) is 3.32. The summed E-state index contributed by atoms with van der Waals surface area (Å²) in [7, 11) is 0. The molecule has 3 N–H and O–H groups in total. The number of nitrogen functional groups attached to an aromatic ring is 1. The van der Waals surface area contributed by atoms with Gasteiger partial charge in [0.25, 0.3) is 0 Å². The number of benzene rings is 2. The van der Waals surface area contributed by atoms with Crippen molar-refractivity contribution in [1.29, 1.82) is 0 Å². The first-order chi connectivity index (χ1) is 10.2. The van der Waals surface area contributed by atoms with Crippen molar-refractivity contribution in [2.45, 2.75) is 6.61 Å². The lowest BCUT2D eigenvalue weighted by atomic mass is 10.1. The van der Waals surface area contributed by atoms with Crippen molar-refractivity contribution < 1.29 is 4.74 Å². The Kier molecular flexibility index (Phi) is 4.03.